The zero-order valence-electron chi connectivity index (χ0n) is 21.8. The van der Waals surface area contributed by atoms with Crippen molar-refractivity contribution in [2.24, 2.45) is 0 Å². The standard InChI is InChI=1S/C28H26F9NO3/c1-16-23(17-11-20(27(32,33)34)14-21(12-17)28(35,36)37)41-24(39)38(16)15-18-13-19(26(29,30)31)7-8-22(18)25(40-2)9-5-3-4-6-10-25/h7-8,11-14,23H,1,3-6,9-10,15H2,2H3/t23-/m0/s1. The second kappa shape index (κ2) is 10.9. The van der Waals surface area contributed by atoms with E-state index in [0.717, 1.165) is 42.7 Å². The number of alkyl halides is 9. The van der Waals surface area contributed by atoms with Crippen LogP contribution in [0, 0.1) is 0 Å². The van der Waals surface area contributed by atoms with Crippen LogP contribution in [0.25, 0.3) is 0 Å². The lowest BCUT2D eigenvalue weighted by atomic mass is 9.82. The van der Waals surface area contributed by atoms with Gasteiger partial charge in [0.1, 0.15) is 0 Å². The average Bonchev–Trinajstić information content (AvgIpc) is 3.04. The van der Waals surface area contributed by atoms with Crippen LogP contribution in [0.3, 0.4) is 0 Å². The van der Waals surface area contributed by atoms with E-state index in [-0.39, 0.29) is 17.3 Å². The van der Waals surface area contributed by atoms with Crippen LogP contribution >= 0.6 is 0 Å². The number of nitrogens with zero attached hydrogens (tertiary/aromatic N) is 1. The number of ether oxygens (including phenoxy) is 2. The predicted octanol–water partition coefficient (Wildman–Crippen LogP) is 9.15. The summed E-state index contributed by atoms with van der Waals surface area (Å²) in [5, 5.41) is 0. The average molecular weight is 596 g/mol. The van der Waals surface area contributed by atoms with Gasteiger partial charge in [0, 0.05) is 7.11 Å². The van der Waals surface area contributed by atoms with Crippen molar-refractivity contribution in [2.75, 3.05) is 7.11 Å². The van der Waals surface area contributed by atoms with Crippen molar-refractivity contribution in [2.45, 2.75) is 75.3 Å². The largest absolute Gasteiger partial charge is 0.434 e. The molecule has 1 atom stereocenters. The summed E-state index contributed by atoms with van der Waals surface area (Å²) < 4.78 is 132. The van der Waals surface area contributed by atoms with Crippen molar-refractivity contribution in [1.82, 2.24) is 4.90 Å². The zero-order chi connectivity index (χ0) is 30.4. The molecule has 0 bridgehead atoms. The Kier molecular flexibility index (Phi) is 8.16. The van der Waals surface area contributed by atoms with Crippen LogP contribution in [0.1, 0.15) is 78.0 Å². The van der Waals surface area contributed by atoms with E-state index in [1.165, 1.54) is 13.2 Å². The van der Waals surface area contributed by atoms with Gasteiger partial charge < -0.3 is 9.47 Å². The summed E-state index contributed by atoms with van der Waals surface area (Å²) in [6.07, 6.45) is -13.6. The van der Waals surface area contributed by atoms with E-state index in [1.54, 1.807) is 0 Å². The van der Waals surface area contributed by atoms with Gasteiger partial charge in [0.05, 0.1) is 34.5 Å². The molecular weight excluding hydrogens is 569 g/mol. The highest BCUT2D eigenvalue weighted by atomic mass is 19.4. The summed E-state index contributed by atoms with van der Waals surface area (Å²) in [4.78, 5) is 13.7. The first-order chi connectivity index (χ1) is 19.0. The van der Waals surface area contributed by atoms with Gasteiger partial charge >= 0.3 is 24.6 Å². The molecule has 2 fully saturated rings. The SMILES string of the molecule is C=C1[C@@H](c2cc(C(F)(F)F)cc(C(F)(F)F)c2)OC(=O)N1Cc1cc(C(F)(F)F)ccc1C1(OC)CCCCCC1. The van der Waals surface area contributed by atoms with Gasteiger partial charge in [0.15, 0.2) is 6.10 Å². The van der Waals surface area contributed by atoms with Crippen LogP contribution < -0.4 is 0 Å². The highest BCUT2D eigenvalue weighted by molar-refractivity contribution is 5.74. The molecule has 1 aliphatic heterocycles. The van der Waals surface area contributed by atoms with E-state index in [2.05, 4.69) is 6.58 Å². The van der Waals surface area contributed by atoms with Crippen molar-refractivity contribution in [3.63, 3.8) is 0 Å². The van der Waals surface area contributed by atoms with E-state index < -0.39 is 65.1 Å². The number of carbonyl (C=O) groups excluding carboxylic acids is 1. The maximum atomic E-state index is 13.7. The summed E-state index contributed by atoms with van der Waals surface area (Å²) in [7, 11) is 1.44. The van der Waals surface area contributed by atoms with Crippen molar-refractivity contribution < 1.29 is 53.8 Å². The van der Waals surface area contributed by atoms with Crippen molar-refractivity contribution in [3.05, 3.63) is 82.1 Å². The van der Waals surface area contributed by atoms with Gasteiger partial charge in [-0.3, -0.25) is 4.90 Å². The number of halogens is 9. The molecule has 0 unspecified atom stereocenters. The number of carbonyl (C=O) groups is 1. The van der Waals surface area contributed by atoms with E-state index in [0.29, 0.717) is 30.5 Å². The number of methoxy groups -OCH3 is 1. The van der Waals surface area contributed by atoms with E-state index >= 15 is 0 Å². The number of amides is 1. The van der Waals surface area contributed by atoms with Crippen LogP contribution in [-0.4, -0.2) is 18.1 Å². The van der Waals surface area contributed by atoms with Gasteiger partial charge in [-0.2, -0.15) is 39.5 Å². The number of rotatable bonds is 5. The Morgan fingerprint density at radius 2 is 1.39 bits per heavy atom. The molecule has 1 aliphatic carbocycles. The first kappa shape index (κ1) is 30.7. The summed E-state index contributed by atoms with van der Waals surface area (Å²) in [6.45, 7) is 3.13. The van der Waals surface area contributed by atoms with E-state index in [1.807, 2.05) is 0 Å². The fraction of sp³-hybridized carbons (Fsp3) is 0.464. The second-order valence-corrected chi connectivity index (χ2v) is 10.2. The minimum absolute atomic E-state index is 0.0438. The third-order valence-electron chi connectivity index (χ3n) is 7.56. The molecule has 1 saturated carbocycles. The molecule has 0 aromatic heterocycles. The maximum absolute atomic E-state index is 13.7. The van der Waals surface area contributed by atoms with Crippen molar-refractivity contribution in [3.8, 4) is 0 Å². The molecule has 1 heterocycles. The smallest absolute Gasteiger partial charge is 0.416 e. The van der Waals surface area contributed by atoms with Gasteiger partial charge in [0.25, 0.3) is 0 Å². The molecule has 1 amide bonds. The fourth-order valence-electron chi connectivity index (χ4n) is 5.45. The molecule has 0 N–H and O–H groups in total. The molecule has 2 aliphatic rings. The third-order valence-corrected chi connectivity index (χ3v) is 7.56. The van der Waals surface area contributed by atoms with Crippen LogP contribution in [0.4, 0.5) is 44.3 Å². The summed E-state index contributed by atoms with van der Waals surface area (Å²) in [5.74, 6) is 0. The topological polar surface area (TPSA) is 38.8 Å². The Labute approximate surface area is 229 Å². The Morgan fingerprint density at radius 1 is 0.854 bits per heavy atom. The maximum Gasteiger partial charge on any atom is 0.416 e. The van der Waals surface area contributed by atoms with Gasteiger partial charge in [-0.1, -0.05) is 38.3 Å². The Morgan fingerprint density at radius 3 is 1.88 bits per heavy atom. The van der Waals surface area contributed by atoms with Crippen LogP contribution in [0.5, 0.6) is 0 Å². The van der Waals surface area contributed by atoms with Gasteiger partial charge in [-0.05, 0) is 59.9 Å². The molecule has 1 saturated heterocycles. The normalized spacial score (nSPS) is 20.2. The molecule has 0 spiro atoms. The molecule has 4 rings (SSSR count). The second-order valence-electron chi connectivity index (χ2n) is 10.2. The van der Waals surface area contributed by atoms with Crippen LogP contribution in [0.15, 0.2) is 48.7 Å². The highest BCUT2D eigenvalue weighted by Gasteiger charge is 2.43. The minimum Gasteiger partial charge on any atom is -0.434 e. The summed E-state index contributed by atoms with van der Waals surface area (Å²) >= 11 is 0. The molecule has 224 valence electrons. The van der Waals surface area contributed by atoms with Gasteiger partial charge in [0.2, 0.25) is 0 Å². The molecule has 41 heavy (non-hydrogen) atoms. The molecule has 2 aromatic carbocycles. The molecule has 4 nitrogen and oxygen atoms in total. The van der Waals surface area contributed by atoms with Gasteiger partial charge in [-0.25, -0.2) is 4.79 Å². The Balaban J connectivity index is 1.75. The summed E-state index contributed by atoms with van der Waals surface area (Å²) in [5.41, 5.74) is -5.69. The van der Waals surface area contributed by atoms with E-state index in [4.69, 9.17) is 9.47 Å². The highest BCUT2D eigenvalue weighted by Crippen LogP contribution is 2.45. The molecule has 13 heteroatoms. The lowest BCUT2D eigenvalue weighted by Crippen LogP contribution is -2.31. The quantitative estimate of drug-likeness (QED) is 0.256. The molecule has 0 radical (unpaired) electrons. The number of benzene rings is 2. The van der Waals surface area contributed by atoms with Gasteiger partial charge in [-0.15, -0.1) is 0 Å². The first-order valence-corrected chi connectivity index (χ1v) is 12.7. The first-order valence-electron chi connectivity index (χ1n) is 12.7. The lowest BCUT2D eigenvalue weighted by Gasteiger charge is -2.35. The molecule has 2 aromatic rings. The third kappa shape index (κ3) is 6.34. The van der Waals surface area contributed by atoms with Crippen molar-refractivity contribution >= 4 is 6.09 Å². The number of cyclic esters (lactones) is 1. The minimum atomic E-state index is -5.14. The summed E-state index contributed by atoms with van der Waals surface area (Å²) in [6, 6.07) is 3.84. The zero-order valence-corrected chi connectivity index (χ0v) is 21.8. The number of hydrogen-bond donors (Lipinski definition) is 0. The van der Waals surface area contributed by atoms with E-state index in [9.17, 15) is 44.3 Å². The number of hydrogen-bond acceptors (Lipinski definition) is 3. The fourth-order valence-corrected chi connectivity index (χ4v) is 5.45. The molecular formula is C28H26F9NO3. The Bertz CT molecular complexity index is 1270. The predicted molar refractivity (Wildman–Crippen MR) is 128 cm³/mol. The Hall–Kier alpha value is -3.22. The lowest BCUT2D eigenvalue weighted by molar-refractivity contribution is -0.143. The van der Waals surface area contributed by atoms with Crippen LogP contribution in [-0.2, 0) is 40.1 Å². The monoisotopic (exact) mass is 595 g/mol. The van der Waals surface area contributed by atoms with Crippen LogP contribution in [0.2, 0.25) is 0 Å². The van der Waals surface area contributed by atoms with Crippen molar-refractivity contribution in [1.29, 1.82) is 0 Å².